The number of nitrogens with zero attached hydrogens (tertiary/aromatic N) is 4. The minimum Gasteiger partial charge on any atom is -0.480 e. The second-order valence-corrected chi connectivity index (χ2v) is 12.9. The van der Waals surface area contributed by atoms with Crippen LogP contribution in [0.4, 0.5) is 4.39 Å². The summed E-state index contributed by atoms with van der Waals surface area (Å²) in [6, 6.07) is 17.2. The molecule has 0 bridgehead atoms. The Balaban J connectivity index is 1.26. The molecule has 2 heterocycles. The number of carboxylic acid groups (broad SMARTS) is 1. The molecule has 0 spiro atoms. The summed E-state index contributed by atoms with van der Waals surface area (Å²) in [7, 11) is 1.96. The molecule has 0 unspecified atom stereocenters. The molecule has 0 radical (unpaired) electrons. The monoisotopic (exact) mass is 574 g/mol. The maximum atomic E-state index is 14.3. The van der Waals surface area contributed by atoms with E-state index in [4.69, 9.17) is 5.10 Å². The first-order valence-corrected chi connectivity index (χ1v) is 15.8. The second-order valence-electron chi connectivity index (χ2n) is 12.9. The van der Waals surface area contributed by atoms with Crippen LogP contribution in [0.15, 0.2) is 60.8 Å². The molecule has 2 aliphatic rings. The molecule has 226 valence electrons. The van der Waals surface area contributed by atoms with Crippen molar-refractivity contribution < 1.29 is 14.3 Å². The van der Waals surface area contributed by atoms with E-state index in [1.807, 2.05) is 39.1 Å². The average Bonchev–Trinajstić information content (AvgIpc) is 3.58. The molecule has 7 heteroatoms. The molecule has 1 N–H and O–H groups in total. The van der Waals surface area contributed by atoms with Gasteiger partial charge in [0.25, 0.3) is 0 Å². The molecule has 1 aromatic heterocycles. The molecule has 3 aromatic rings. The van der Waals surface area contributed by atoms with Gasteiger partial charge in [-0.25, -0.2) is 4.39 Å². The van der Waals surface area contributed by atoms with Gasteiger partial charge >= 0.3 is 5.97 Å². The van der Waals surface area contributed by atoms with Crippen molar-refractivity contribution >= 4 is 5.97 Å². The van der Waals surface area contributed by atoms with Crippen LogP contribution in [0.5, 0.6) is 0 Å². The standard InChI is InChI=1S/C35H47FN4O2/c1-5-33-32(23-40(37-33)21-25-10-7-6-8-11-25)26-14-16-39(17-15-26)22-28-19-30(38(4)34(24(2)3)35(41)42)20-31(28)27-12-9-13-29(36)18-27/h6-13,18,23-24,26,28,30-31,34H,5,14-17,19-22H2,1-4H3,(H,41,42)/t28-,30+,31-,34-/m1/s1. The number of likely N-dealkylation sites (N-methyl/N-ethyl adjacent to an activating group) is 1. The summed E-state index contributed by atoms with van der Waals surface area (Å²) in [6.45, 7) is 9.98. The summed E-state index contributed by atoms with van der Waals surface area (Å²) in [6.07, 6.45) is 7.23. The summed E-state index contributed by atoms with van der Waals surface area (Å²) in [5.74, 6) is 0.147. The number of aryl methyl sites for hydroxylation is 1. The van der Waals surface area contributed by atoms with E-state index in [9.17, 15) is 14.3 Å². The second kappa shape index (κ2) is 13.5. The van der Waals surface area contributed by atoms with Crippen LogP contribution in [0, 0.1) is 17.7 Å². The molecular formula is C35H47FN4O2. The predicted molar refractivity (Wildman–Crippen MR) is 165 cm³/mol. The van der Waals surface area contributed by atoms with Crippen LogP contribution < -0.4 is 0 Å². The van der Waals surface area contributed by atoms with E-state index in [1.54, 1.807) is 6.07 Å². The summed E-state index contributed by atoms with van der Waals surface area (Å²) < 4.78 is 16.4. The summed E-state index contributed by atoms with van der Waals surface area (Å²) in [5, 5.41) is 14.9. The minimum atomic E-state index is -0.765. The van der Waals surface area contributed by atoms with Crippen molar-refractivity contribution in [3.05, 3.63) is 89.0 Å². The van der Waals surface area contributed by atoms with Crippen molar-refractivity contribution in [1.82, 2.24) is 19.6 Å². The number of halogens is 1. The lowest BCUT2D eigenvalue weighted by molar-refractivity contribution is -0.145. The third-order valence-electron chi connectivity index (χ3n) is 9.76. The van der Waals surface area contributed by atoms with E-state index < -0.39 is 12.0 Å². The molecule has 1 aliphatic carbocycles. The summed E-state index contributed by atoms with van der Waals surface area (Å²) in [4.78, 5) is 16.8. The van der Waals surface area contributed by atoms with Crippen LogP contribution in [0.2, 0.25) is 0 Å². The third kappa shape index (κ3) is 6.95. The molecule has 4 atom stereocenters. The van der Waals surface area contributed by atoms with Gasteiger partial charge in [0.15, 0.2) is 0 Å². The van der Waals surface area contributed by atoms with E-state index in [0.717, 1.165) is 63.8 Å². The predicted octanol–water partition coefficient (Wildman–Crippen LogP) is 6.42. The Morgan fingerprint density at radius 1 is 1.10 bits per heavy atom. The van der Waals surface area contributed by atoms with Crippen LogP contribution in [0.3, 0.4) is 0 Å². The number of rotatable bonds is 11. The van der Waals surface area contributed by atoms with E-state index in [0.29, 0.717) is 11.8 Å². The molecule has 0 amide bonds. The Hall–Kier alpha value is -3.03. The van der Waals surface area contributed by atoms with Crippen molar-refractivity contribution in [2.45, 2.75) is 83.3 Å². The zero-order valence-electron chi connectivity index (χ0n) is 25.6. The fourth-order valence-corrected chi connectivity index (χ4v) is 7.63. The van der Waals surface area contributed by atoms with Crippen LogP contribution in [-0.2, 0) is 17.8 Å². The van der Waals surface area contributed by atoms with Gasteiger partial charge < -0.3 is 10.0 Å². The smallest absolute Gasteiger partial charge is 0.321 e. The number of likely N-dealkylation sites (tertiary alicyclic amines) is 1. The Morgan fingerprint density at radius 3 is 2.48 bits per heavy atom. The van der Waals surface area contributed by atoms with Gasteiger partial charge in [-0.05, 0) is 105 Å². The Labute approximate surface area is 250 Å². The van der Waals surface area contributed by atoms with Gasteiger partial charge in [-0.3, -0.25) is 14.4 Å². The number of carbonyl (C=O) groups is 1. The molecule has 5 rings (SSSR count). The van der Waals surface area contributed by atoms with Crippen LogP contribution in [0.25, 0.3) is 0 Å². The van der Waals surface area contributed by atoms with E-state index in [1.165, 1.54) is 22.9 Å². The highest BCUT2D eigenvalue weighted by Gasteiger charge is 2.42. The largest absolute Gasteiger partial charge is 0.480 e. The number of hydrogen-bond donors (Lipinski definition) is 1. The van der Waals surface area contributed by atoms with Crippen molar-refractivity contribution in [2.24, 2.45) is 11.8 Å². The first kappa shape index (κ1) is 30.4. The Kier molecular flexibility index (Phi) is 9.79. The Morgan fingerprint density at radius 2 is 1.83 bits per heavy atom. The van der Waals surface area contributed by atoms with Gasteiger partial charge in [0.1, 0.15) is 11.9 Å². The summed E-state index contributed by atoms with van der Waals surface area (Å²) in [5.41, 5.74) is 4.93. The summed E-state index contributed by atoms with van der Waals surface area (Å²) >= 11 is 0. The molecule has 6 nitrogen and oxygen atoms in total. The fourth-order valence-electron chi connectivity index (χ4n) is 7.63. The third-order valence-corrected chi connectivity index (χ3v) is 9.76. The lowest BCUT2D eigenvalue weighted by Gasteiger charge is -2.35. The fraction of sp³-hybridized carbons (Fsp3) is 0.543. The number of benzene rings is 2. The molecular weight excluding hydrogens is 527 g/mol. The molecule has 42 heavy (non-hydrogen) atoms. The van der Waals surface area contributed by atoms with E-state index in [-0.39, 0.29) is 23.7 Å². The number of piperidine rings is 1. The van der Waals surface area contributed by atoms with Gasteiger partial charge in [0.2, 0.25) is 0 Å². The van der Waals surface area contributed by atoms with Gasteiger partial charge in [-0.2, -0.15) is 5.10 Å². The average molecular weight is 575 g/mol. The van der Waals surface area contributed by atoms with Gasteiger partial charge in [-0.1, -0.05) is 63.2 Å². The first-order chi connectivity index (χ1) is 20.2. The maximum absolute atomic E-state index is 14.3. The number of hydrogen-bond acceptors (Lipinski definition) is 4. The molecule has 1 aliphatic heterocycles. The normalized spacial score (nSPS) is 22.7. The maximum Gasteiger partial charge on any atom is 0.321 e. The van der Waals surface area contributed by atoms with Crippen LogP contribution in [-0.4, -0.2) is 69.4 Å². The molecule has 2 fully saturated rings. The topological polar surface area (TPSA) is 61.6 Å². The first-order valence-electron chi connectivity index (χ1n) is 15.8. The molecule has 1 saturated carbocycles. The quantitative estimate of drug-likeness (QED) is 0.287. The van der Waals surface area contributed by atoms with Gasteiger partial charge in [-0.15, -0.1) is 0 Å². The zero-order valence-corrected chi connectivity index (χ0v) is 25.6. The molecule has 2 aromatic carbocycles. The van der Waals surface area contributed by atoms with Crippen LogP contribution >= 0.6 is 0 Å². The highest BCUT2D eigenvalue weighted by molar-refractivity contribution is 5.73. The van der Waals surface area contributed by atoms with Crippen molar-refractivity contribution in [3.63, 3.8) is 0 Å². The number of aromatic nitrogens is 2. The van der Waals surface area contributed by atoms with Crippen molar-refractivity contribution in [3.8, 4) is 0 Å². The van der Waals surface area contributed by atoms with Gasteiger partial charge in [0.05, 0.1) is 12.2 Å². The van der Waals surface area contributed by atoms with Crippen molar-refractivity contribution in [2.75, 3.05) is 26.7 Å². The van der Waals surface area contributed by atoms with Gasteiger partial charge in [0, 0.05) is 18.8 Å². The SMILES string of the molecule is CCc1nn(Cc2ccccc2)cc1C1CCN(C[C@H]2C[C@H](N(C)[C@@H](C(=O)O)C(C)C)C[C@@H]2c2cccc(F)c2)CC1. The highest BCUT2D eigenvalue weighted by atomic mass is 19.1. The number of aliphatic carboxylic acids is 1. The van der Waals surface area contributed by atoms with E-state index >= 15 is 0 Å². The highest BCUT2D eigenvalue weighted by Crippen LogP contribution is 2.43. The lowest BCUT2D eigenvalue weighted by Crippen LogP contribution is -2.47. The number of carboxylic acids is 1. The molecule has 1 saturated heterocycles. The zero-order chi connectivity index (χ0) is 29.8. The lowest BCUT2D eigenvalue weighted by atomic mass is 9.86. The van der Waals surface area contributed by atoms with Crippen molar-refractivity contribution in [1.29, 1.82) is 0 Å². The van der Waals surface area contributed by atoms with E-state index in [2.05, 4.69) is 51.9 Å². The Bertz CT molecular complexity index is 1320. The minimum absolute atomic E-state index is 0.0169. The van der Waals surface area contributed by atoms with Crippen LogP contribution in [0.1, 0.15) is 80.7 Å².